The fraction of sp³-hybridized carbons (Fsp3) is 1.00. The summed E-state index contributed by atoms with van der Waals surface area (Å²) in [5.41, 5.74) is 0. The Morgan fingerprint density at radius 2 is 2.17 bits per heavy atom. The van der Waals surface area contributed by atoms with Crippen LogP contribution in [-0.4, -0.2) is 24.5 Å². The van der Waals surface area contributed by atoms with Gasteiger partial charge in [-0.3, -0.25) is 0 Å². The predicted octanol–water partition coefficient (Wildman–Crippen LogP) is 2.76. The topological polar surface area (TPSA) is 3.24 Å². The Morgan fingerprint density at radius 1 is 1.42 bits per heavy atom. The second kappa shape index (κ2) is 4.86. The smallest absolute Gasteiger partial charge is 0.000967 e. The van der Waals surface area contributed by atoms with Crippen molar-refractivity contribution in [2.75, 3.05) is 19.6 Å². The first-order valence-electron chi connectivity index (χ1n) is 5.44. The van der Waals surface area contributed by atoms with E-state index in [-0.39, 0.29) is 0 Å². The van der Waals surface area contributed by atoms with Gasteiger partial charge >= 0.3 is 0 Å². The molecule has 1 rings (SSSR count). The first-order chi connectivity index (χ1) is 5.72. The standard InChI is InChI=1S/C11H23N/c1-4-11-6-5-7-12(9-11)8-10(2)3/h10-11H,4-9H2,1-3H3. The van der Waals surface area contributed by atoms with Crippen molar-refractivity contribution in [3.8, 4) is 0 Å². The molecule has 72 valence electrons. The van der Waals surface area contributed by atoms with Crippen LogP contribution >= 0.6 is 0 Å². The van der Waals surface area contributed by atoms with E-state index in [0.717, 1.165) is 11.8 Å². The van der Waals surface area contributed by atoms with Gasteiger partial charge in [-0.1, -0.05) is 27.2 Å². The Bertz CT molecular complexity index is 120. The summed E-state index contributed by atoms with van der Waals surface area (Å²) in [5, 5.41) is 0. The second-order valence-electron chi connectivity index (χ2n) is 4.57. The molecule has 0 spiro atoms. The summed E-state index contributed by atoms with van der Waals surface area (Å²) in [6.07, 6.45) is 4.25. The Balaban J connectivity index is 2.25. The van der Waals surface area contributed by atoms with Crippen molar-refractivity contribution in [3.05, 3.63) is 0 Å². The minimum absolute atomic E-state index is 0.834. The SMILES string of the molecule is CCC1CCCN(CC(C)C)C1. The minimum atomic E-state index is 0.834. The first-order valence-corrected chi connectivity index (χ1v) is 5.44. The van der Waals surface area contributed by atoms with E-state index in [9.17, 15) is 0 Å². The monoisotopic (exact) mass is 169 g/mol. The van der Waals surface area contributed by atoms with E-state index in [2.05, 4.69) is 25.7 Å². The number of rotatable bonds is 3. The van der Waals surface area contributed by atoms with Gasteiger partial charge in [0.1, 0.15) is 0 Å². The van der Waals surface area contributed by atoms with Crippen LogP contribution in [0.5, 0.6) is 0 Å². The predicted molar refractivity (Wildman–Crippen MR) is 54.3 cm³/mol. The van der Waals surface area contributed by atoms with Gasteiger partial charge in [0.15, 0.2) is 0 Å². The zero-order chi connectivity index (χ0) is 8.97. The van der Waals surface area contributed by atoms with E-state index >= 15 is 0 Å². The fourth-order valence-electron chi connectivity index (χ4n) is 2.17. The van der Waals surface area contributed by atoms with E-state index in [1.54, 1.807) is 0 Å². The van der Waals surface area contributed by atoms with Crippen molar-refractivity contribution in [2.24, 2.45) is 11.8 Å². The molecular weight excluding hydrogens is 146 g/mol. The minimum Gasteiger partial charge on any atom is -0.303 e. The summed E-state index contributed by atoms with van der Waals surface area (Å²) < 4.78 is 0. The molecule has 0 saturated carbocycles. The Labute approximate surface area is 77.1 Å². The third-order valence-corrected chi connectivity index (χ3v) is 2.80. The van der Waals surface area contributed by atoms with Gasteiger partial charge in [0.2, 0.25) is 0 Å². The molecule has 1 nitrogen and oxygen atoms in total. The number of likely N-dealkylation sites (tertiary alicyclic amines) is 1. The van der Waals surface area contributed by atoms with Crippen LogP contribution in [0.2, 0.25) is 0 Å². The highest BCUT2D eigenvalue weighted by Crippen LogP contribution is 2.19. The Morgan fingerprint density at radius 3 is 2.75 bits per heavy atom. The largest absolute Gasteiger partial charge is 0.303 e. The zero-order valence-corrected chi connectivity index (χ0v) is 8.84. The van der Waals surface area contributed by atoms with E-state index in [0.29, 0.717) is 0 Å². The van der Waals surface area contributed by atoms with Crippen LogP contribution < -0.4 is 0 Å². The first kappa shape index (κ1) is 10.0. The highest BCUT2D eigenvalue weighted by Gasteiger charge is 2.18. The molecule has 0 aliphatic carbocycles. The van der Waals surface area contributed by atoms with Crippen LogP contribution in [0.25, 0.3) is 0 Å². The van der Waals surface area contributed by atoms with Crippen molar-refractivity contribution in [1.29, 1.82) is 0 Å². The van der Waals surface area contributed by atoms with Gasteiger partial charge in [0, 0.05) is 13.1 Å². The summed E-state index contributed by atoms with van der Waals surface area (Å²) in [6, 6.07) is 0. The summed E-state index contributed by atoms with van der Waals surface area (Å²) >= 11 is 0. The third-order valence-electron chi connectivity index (χ3n) is 2.80. The lowest BCUT2D eigenvalue weighted by atomic mass is 9.95. The van der Waals surface area contributed by atoms with Gasteiger partial charge in [-0.15, -0.1) is 0 Å². The van der Waals surface area contributed by atoms with Gasteiger partial charge in [0.05, 0.1) is 0 Å². The number of hydrogen-bond acceptors (Lipinski definition) is 1. The third kappa shape index (κ3) is 3.14. The molecule has 0 aromatic carbocycles. The normalized spacial score (nSPS) is 26.5. The van der Waals surface area contributed by atoms with Crippen molar-refractivity contribution in [3.63, 3.8) is 0 Å². The molecule has 1 saturated heterocycles. The fourth-order valence-corrected chi connectivity index (χ4v) is 2.17. The molecule has 1 aliphatic heterocycles. The average molecular weight is 169 g/mol. The summed E-state index contributed by atoms with van der Waals surface area (Å²) in [6.45, 7) is 11.0. The Hall–Kier alpha value is -0.0400. The van der Waals surface area contributed by atoms with Crippen molar-refractivity contribution in [2.45, 2.75) is 40.0 Å². The summed E-state index contributed by atoms with van der Waals surface area (Å²) in [7, 11) is 0. The summed E-state index contributed by atoms with van der Waals surface area (Å²) in [4.78, 5) is 2.64. The molecule has 1 fully saturated rings. The zero-order valence-electron chi connectivity index (χ0n) is 8.84. The van der Waals surface area contributed by atoms with Crippen LogP contribution in [0.15, 0.2) is 0 Å². The number of piperidine rings is 1. The van der Waals surface area contributed by atoms with Crippen LogP contribution in [-0.2, 0) is 0 Å². The molecule has 1 aliphatic rings. The van der Waals surface area contributed by atoms with Crippen LogP contribution in [0.4, 0.5) is 0 Å². The number of nitrogens with zero attached hydrogens (tertiary/aromatic N) is 1. The molecule has 0 amide bonds. The average Bonchev–Trinajstić information content (AvgIpc) is 2.03. The lowest BCUT2D eigenvalue weighted by molar-refractivity contribution is 0.156. The molecule has 1 atom stereocenters. The highest BCUT2D eigenvalue weighted by atomic mass is 15.1. The maximum absolute atomic E-state index is 2.64. The molecule has 0 bridgehead atoms. The van der Waals surface area contributed by atoms with Crippen molar-refractivity contribution >= 4 is 0 Å². The second-order valence-corrected chi connectivity index (χ2v) is 4.57. The molecule has 1 heterocycles. The van der Waals surface area contributed by atoms with Gasteiger partial charge in [-0.05, 0) is 31.2 Å². The quantitative estimate of drug-likeness (QED) is 0.628. The molecule has 0 aromatic heterocycles. The maximum atomic E-state index is 2.64. The van der Waals surface area contributed by atoms with E-state index in [4.69, 9.17) is 0 Å². The summed E-state index contributed by atoms with van der Waals surface area (Å²) in [5.74, 6) is 1.82. The van der Waals surface area contributed by atoms with Crippen molar-refractivity contribution < 1.29 is 0 Å². The number of hydrogen-bond donors (Lipinski definition) is 0. The molecule has 12 heavy (non-hydrogen) atoms. The van der Waals surface area contributed by atoms with Crippen LogP contribution in [0.1, 0.15) is 40.0 Å². The van der Waals surface area contributed by atoms with Crippen LogP contribution in [0.3, 0.4) is 0 Å². The van der Waals surface area contributed by atoms with Crippen molar-refractivity contribution in [1.82, 2.24) is 4.90 Å². The van der Waals surface area contributed by atoms with Gasteiger partial charge in [-0.2, -0.15) is 0 Å². The molecule has 1 unspecified atom stereocenters. The van der Waals surface area contributed by atoms with E-state index in [1.165, 1.54) is 38.9 Å². The molecule has 0 radical (unpaired) electrons. The van der Waals surface area contributed by atoms with E-state index < -0.39 is 0 Å². The Kier molecular flexibility index (Phi) is 4.07. The lowest BCUT2D eigenvalue weighted by Gasteiger charge is -2.33. The maximum Gasteiger partial charge on any atom is 0.000967 e. The lowest BCUT2D eigenvalue weighted by Crippen LogP contribution is -2.37. The molecule has 0 aromatic rings. The van der Waals surface area contributed by atoms with Gasteiger partial charge in [-0.25, -0.2) is 0 Å². The molecule has 1 heteroatoms. The van der Waals surface area contributed by atoms with Gasteiger partial charge < -0.3 is 4.90 Å². The van der Waals surface area contributed by atoms with E-state index in [1.807, 2.05) is 0 Å². The van der Waals surface area contributed by atoms with Gasteiger partial charge in [0.25, 0.3) is 0 Å². The molecule has 0 N–H and O–H groups in total. The molecular formula is C11H23N. The van der Waals surface area contributed by atoms with Crippen LogP contribution in [0, 0.1) is 11.8 Å². The highest BCUT2D eigenvalue weighted by molar-refractivity contribution is 4.72.